The molecule has 1 saturated heterocycles. The van der Waals surface area contributed by atoms with E-state index in [1.165, 1.54) is 10.5 Å². The fourth-order valence-electron chi connectivity index (χ4n) is 1.79. The molecule has 7 nitrogen and oxygen atoms in total. The zero-order chi connectivity index (χ0) is 13.2. The number of nitrogens with one attached hydrogen (secondary N) is 1. The second-order valence-electron chi connectivity index (χ2n) is 4.01. The van der Waals surface area contributed by atoms with Crippen molar-refractivity contribution >= 4 is 15.9 Å². The topological polar surface area (TPSA) is 105 Å². The van der Waals surface area contributed by atoms with Crippen LogP contribution in [-0.2, 0) is 16.6 Å². The van der Waals surface area contributed by atoms with Gasteiger partial charge in [-0.2, -0.15) is 4.31 Å². The Morgan fingerprint density at radius 1 is 1.50 bits per heavy atom. The van der Waals surface area contributed by atoms with Crippen LogP contribution in [-0.4, -0.2) is 35.9 Å². The van der Waals surface area contributed by atoms with E-state index in [1.54, 1.807) is 12.1 Å². The zero-order valence-electron chi connectivity index (χ0n) is 9.67. The molecule has 1 aromatic heterocycles. The molecule has 2 heterocycles. The van der Waals surface area contributed by atoms with E-state index in [-0.39, 0.29) is 12.3 Å². The minimum absolute atomic E-state index is 0.195. The molecule has 0 radical (unpaired) electrons. The molecule has 18 heavy (non-hydrogen) atoms. The summed E-state index contributed by atoms with van der Waals surface area (Å²) in [6, 6.07) is 3.19. The first kappa shape index (κ1) is 12.9. The number of pyridine rings is 1. The quantitative estimate of drug-likeness (QED) is 0.426. The van der Waals surface area contributed by atoms with Gasteiger partial charge >= 0.3 is 0 Å². The van der Waals surface area contributed by atoms with Crippen LogP contribution in [0.1, 0.15) is 22.5 Å². The molecular weight excluding hydrogens is 256 g/mol. The van der Waals surface area contributed by atoms with Gasteiger partial charge in [0.25, 0.3) is 5.91 Å². The number of hydrazine groups is 1. The highest BCUT2D eigenvalue weighted by Gasteiger charge is 2.28. The molecular formula is C10H14N4O3S. The van der Waals surface area contributed by atoms with Gasteiger partial charge in [0.05, 0.1) is 23.6 Å². The summed E-state index contributed by atoms with van der Waals surface area (Å²) >= 11 is 0. The lowest BCUT2D eigenvalue weighted by Gasteiger charge is -2.13. The number of nitrogens with two attached hydrogens (primary N) is 1. The Balaban J connectivity index is 2.09. The smallest absolute Gasteiger partial charge is 0.266 e. The molecule has 1 aliphatic rings. The lowest BCUT2D eigenvalue weighted by atomic mass is 10.2. The largest absolute Gasteiger partial charge is 0.290 e. The number of nitrogen functional groups attached to an aromatic ring is 1. The third-order valence-electron chi connectivity index (χ3n) is 2.76. The number of rotatable bonds is 3. The van der Waals surface area contributed by atoms with E-state index < -0.39 is 15.9 Å². The zero-order valence-corrected chi connectivity index (χ0v) is 10.5. The summed E-state index contributed by atoms with van der Waals surface area (Å²) in [5, 5.41) is 0. The predicted molar refractivity (Wildman–Crippen MR) is 64.7 cm³/mol. The third-order valence-corrected chi connectivity index (χ3v) is 4.66. The van der Waals surface area contributed by atoms with E-state index in [1.807, 2.05) is 5.43 Å². The van der Waals surface area contributed by atoms with Crippen LogP contribution in [0.3, 0.4) is 0 Å². The summed E-state index contributed by atoms with van der Waals surface area (Å²) < 4.78 is 24.6. The minimum atomic E-state index is -3.12. The Morgan fingerprint density at radius 3 is 2.78 bits per heavy atom. The fraction of sp³-hybridized carbons (Fsp3) is 0.400. The summed E-state index contributed by atoms with van der Waals surface area (Å²) in [5.74, 6) is 4.76. The monoisotopic (exact) mass is 270 g/mol. The van der Waals surface area contributed by atoms with Crippen molar-refractivity contribution in [3.05, 3.63) is 29.6 Å². The van der Waals surface area contributed by atoms with Gasteiger partial charge in [-0.25, -0.2) is 14.3 Å². The molecule has 3 N–H and O–H groups in total. The first-order chi connectivity index (χ1) is 8.53. The van der Waals surface area contributed by atoms with Gasteiger partial charge in [0.15, 0.2) is 0 Å². The standard InChI is InChI=1S/C10H14N4O3S/c11-13-10(15)8-2-3-9(12-6-8)7-14-4-1-5-18(14,16)17/h2-3,6H,1,4-5,7,11H2,(H,13,15). The van der Waals surface area contributed by atoms with Crippen molar-refractivity contribution in [2.24, 2.45) is 5.84 Å². The molecule has 98 valence electrons. The first-order valence-electron chi connectivity index (χ1n) is 5.46. The highest BCUT2D eigenvalue weighted by atomic mass is 32.2. The molecule has 0 aliphatic carbocycles. The average molecular weight is 270 g/mol. The number of hydrogen-bond acceptors (Lipinski definition) is 5. The summed E-state index contributed by atoms with van der Waals surface area (Å²) in [4.78, 5) is 15.2. The van der Waals surface area contributed by atoms with Gasteiger partial charge in [-0.05, 0) is 18.6 Å². The van der Waals surface area contributed by atoms with Crippen LogP contribution in [0, 0.1) is 0 Å². The summed E-state index contributed by atoms with van der Waals surface area (Å²) in [7, 11) is -3.12. The van der Waals surface area contributed by atoms with Crippen molar-refractivity contribution in [3.8, 4) is 0 Å². The van der Waals surface area contributed by atoms with Crippen LogP contribution in [0.4, 0.5) is 0 Å². The van der Waals surface area contributed by atoms with E-state index in [0.717, 1.165) is 0 Å². The number of hydrogen-bond donors (Lipinski definition) is 2. The second-order valence-corrected chi connectivity index (χ2v) is 6.10. The van der Waals surface area contributed by atoms with Gasteiger partial charge in [-0.15, -0.1) is 0 Å². The maximum atomic E-state index is 11.6. The fourth-order valence-corrected chi connectivity index (χ4v) is 3.27. The first-order valence-corrected chi connectivity index (χ1v) is 7.07. The molecule has 0 spiro atoms. The maximum Gasteiger partial charge on any atom is 0.266 e. The Kier molecular flexibility index (Phi) is 3.60. The maximum absolute atomic E-state index is 11.6. The molecule has 2 rings (SSSR count). The number of aromatic nitrogens is 1. The van der Waals surface area contributed by atoms with Crippen molar-refractivity contribution in [1.29, 1.82) is 0 Å². The molecule has 1 aliphatic heterocycles. The average Bonchev–Trinajstić information content (AvgIpc) is 2.69. The van der Waals surface area contributed by atoms with Crippen molar-refractivity contribution in [2.45, 2.75) is 13.0 Å². The van der Waals surface area contributed by atoms with Crippen LogP contribution in [0.25, 0.3) is 0 Å². The van der Waals surface area contributed by atoms with Crippen molar-refractivity contribution in [1.82, 2.24) is 14.7 Å². The number of nitrogens with zero attached hydrogens (tertiary/aromatic N) is 2. The summed E-state index contributed by atoms with van der Waals surface area (Å²) in [6.07, 6.45) is 2.02. The van der Waals surface area contributed by atoms with Crippen LogP contribution >= 0.6 is 0 Å². The van der Waals surface area contributed by atoms with E-state index in [0.29, 0.717) is 24.2 Å². The lowest BCUT2D eigenvalue weighted by Crippen LogP contribution is -2.30. The van der Waals surface area contributed by atoms with Gasteiger partial charge in [-0.1, -0.05) is 0 Å². The minimum Gasteiger partial charge on any atom is -0.290 e. The van der Waals surface area contributed by atoms with Gasteiger partial charge in [0.1, 0.15) is 0 Å². The van der Waals surface area contributed by atoms with E-state index >= 15 is 0 Å². The van der Waals surface area contributed by atoms with Crippen molar-refractivity contribution in [2.75, 3.05) is 12.3 Å². The van der Waals surface area contributed by atoms with Gasteiger partial charge in [-0.3, -0.25) is 15.2 Å². The molecule has 0 saturated carbocycles. The Labute approximate surface area is 105 Å². The Bertz CT molecular complexity index is 541. The number of carbonyl (C=O) groups excluding carboxylic acids is 1. The second kappa shape index (κ2) is 5.01. The number of amides is 1. The normalized spacial score (nSPS) is 18.7. The van der Waals surface area contributed by atoms with E-state index in [2.05, 4.69) is 4.98 Å². The molecule has 0 atom stereocenters. The molecule has 1 fully saturated rings. The Morgan fingerprint density at radius 2 is 2.28 bits per heavy atom. The van der Waals surface area contributed by atoms with Crippen molar-refractivity contribution in [3.63, 3.8) is 0 Å². The molecule has 1 amide bonds. The van der Waals surface area contributed by atoms with Crippen LogP contribution in [0.15, 0.2) is 18.3 Å². The summed E-state index contributed by atoms with van der Waals surface area (Å²) in [6.45, 7) is 0.766. The van der Waals surface area contributed by atoms with Crippen LogP contribution in [0.5, 0.6) is 0 Å². The van der Waals surface area contributed by atoms with E-state index in [4.69, 9.17) is 5.84 Å². The molecule has 8 heteroatoms. The number of sulfonamides is 1. The van der Waals surface area contributed by atoms with E-state index in [9.17, 15) is 13.2 Å². The molecule has 1 aromatic rings. The Hall–Kier alpha value is -1.51. The van der Waals surface area contributed by atoms with Gasteiger partial charge in [0, 0.05) is 12.7 Å². The predicted octanol–water partition coefficient (Wildman–Crippen LogP) is -0.779. The lowest BCUT2D eigenvalue weighted by molar-refractivity contribution is 0.0953. The number of carbonyl (C=O) groups is 1. The van der Waals surface area contributed by atoms with Crippen LogP contribution in [0.2, 0.25) is 0 Å². The van der Waals surface area contributed by atoms with Crippen LogP contribution < -0.4 is 11.3 Å². The SMILES string of the molecule is NNC(=O)c1ccc(CN2CCCS2(=O)=O)nc1. The molecule has 0 bridgehead atoms. The van der Waals surface area contributed by atoms with Gasteiger partial charge < -0.3 is 0 Å². The van der Waals surface area contributed by atoms with Crippen molar-refractivity contribution < 1.29 is 13.2 Å². The molecule has 0 unspecified atom stereocenters. The molecule has 0 aromatic carbocycles. The highest BCUT2D eigenvalue weighted by molar-refractivity contribution is 7.89. The highest BCUT2D eigenvalue weighted by Crippen LogP contribution is 2.16. The third kappa shape index (κ3) is 2.66. The summed E-state index contributed by atoms with van der Waals surface area (Å²) in [5.41, 5.74) is 2.95. The van der Waals surface area contributed by atoms with Gasteiger partial charge in [0.2, 0.25) is 10.0 Å².